The van der Waals surface area contributed by atoms with Crippen molar-refractivity contribution in [3.8, 4) is 0 Å². The Morgan fingerprint density at radius 2 is 1.27 bits per heavy atom. The molecule has 1 aromatic rings. The van der Waals surface area contributed by atoms with E-state index in [-0.39, 0.29) is 19.4 Å². The third-order valence-electron chi connectivity index (χ3n) is 7.23. The summed E-state index contributed by atoms with van der Waals surface area (Å²) in [6.07, 6.45) is 2.12. The fourth-order valence-corrected chi connectivity index (χ4v) is 5.08. The smallest absolute Gasteiger partial charge is 0.363 e. The molecule has 3 fully saturated rings. The molecule has 0 spiro atoms. The average molecular weight is 516 g/mol. The standard InChI is InChI=1S/C26H37N5O6/c32-23-7-8-24(33)31(23)37-26(36)22-5-3-21(4-6-22)19-29-11-1-9-28-14-13-27(15-17-29)10-2-12-30(18-16-28)20-25(34)35/h3-6H,1-2,7-20H2,(H,34,35). The van der Waals surface area contributed by atoms with Crippen LogP contribution in [-0.2, 0) is 25.8 Å². The number of carboxylic acids is 1. The van der Waals surface area contributed by atoms with Crippen LogP contribution in [0, 0.1) is 0 Å². The van der Waals surface area contributed by atoms with Gasteiger partial charge in [-0.2, -0.15) is 0 Å². The maximum absolute atomic E-state index is 12.4. The lowest BCUT2D eigenvalue weighted by atomic mass is 10.1. The normalized spacial score (nSPS) is 24.7. The van der Waals surface area contributed by atoms with Gasteiger partial charge in [-0.1, -0.05) is 12.1 Å². The van der Waals surface area contributed by atoms with Crippen LogP contribution in [0.1, 0.15) is 41.6 Å². The molecule has 0 radical (unpaired) electrons. The van der Waals surface area contributed by atoms with E-state index in [0.29, 0.717) is 10.6 Å². The van der Waals surface area contributed by atoms with E-state index in [1.165, 1.54) is 0 Å². The van der Waals surface area contributed by atoms with Crippen molar-refractivity contribution in [3.63, 3.8) is 0 Å². The first kappa shape index (κ1) is 27.2. The van der Waals surface area contributed by atoms with E-state index >= 15 is 0 Å². The van der Waals surface area contributed by atoms with Crippen LogP contribution >= 0.6 is 0 Å². The molecule has 2 unspecified atom stereocenters. The van der Waals surface area contributed by atoms with E-state index in [9.17, 15) is 24.3 Å². The molecule has 0 aliphatic carbocycles. The maximum Gasteiger partial charge on any atom is 0.363 e. The predicted molar refractivity (Wildman–Crippen MR) is 134 cm³/mol. The minimum atomic E-state index is -0.765. The summed E-state index contributed by atoms with van der Waals surface area (Å²) in [4.78, 5) is 61.4. The lowest BCUT2D eigenvalue weighted by Crippen LogP contribution is -2.47. The summed E-state index contributed by atoms with van der Waals surface area (Å²) in [5.74, 6) is -2.46. The minimum absolute atomic E-state index is 0.0687. The summed E-state index contributed by atoms with van der Waals surface area (Å²) < 4.78 is 0. The summed E-state index contributed by atoms with van der Waals surface area (Å²) in [6.45, 7) is 10.1. The predicted octanol–water partition coefficient (Wildman–Crippen LogP) is 0.507. The van der Waals surface area contributed by atoms with Crippen molar-refractivity contribution in [2.45, 2.75) is 32.2 Å². The van der Waals surface area contributed by atoms with Gasteiger partial charge in [0.25, 0.3) is 11.8 Å². The van der Waals surface area contributed by atoms with Gasteiger partial charge in [-0.15, -0.1) is 5.06 Å². The van der Waals surface area contributed by atoms with Crippen LogP contribution in [0.5, 0.6) is 0 Å². The summed E-state index contributed by atoms with van der Waals surface area (Å²) in [5, 5.41) is 9.79. The van der Waals surface area contributed by atoms with Crippen molar-refractivity contribution in [2.75, 3.05) is 72.0 Å². The van der Waals surface area contributed by atoms with Gasteiger partial charge in [0.15, 0.2) is 0 Å². The topological polar surface area (TPSA) is 114 Å². The van der Waals surface area contributed by atoms with E-state index in [1.807, 2.05) is 12.1 Å². The van der Waals surface area contributed by atoms with Crippen molar-refractivity contribution >= 4 is 23.8 Å². The quantitative estimate of drug-likeness (QED) is 0.538. The molecule has 11 nitrogen and oxygen atoms in total. The van der Waals surface area contributed by atoms with Gasteiger partial charge in [0.1, 0.15) is 0 Å². The zero-order chi connectivity index (χ0) is 26.2. The van der Waals surface area contributed by atoms with Gasteiger partial charge in [-0.3, -0.25) is 24.2 Å². The monoisotopic (exact) mass is 515 g/mol. The third-order valence-corrected chi connectivity index (χ3v) is 7.23. The molecule has 202 valence electrons. The molecule has 37 heavy (non-hydrogen) atoms. The van der Waals surface area contributed by atoms with Gasteiger partial charge in [-0.25, -0.2) is 4.79 Å². The van der Waals surface area contributed by atoms with Crippen LogP contribution in [0.2, 0.25) is 0 Å². The fraction of sp³-hybridized carbons (Fsp3) is 0.615. The first-order chi connectivity index (χ1) is 17.9. The highest BCUT2D eigenvalue weighted by Gasteiger charge is 2.33. The van der Waals surface area contributed by atoms with E-state index in [4.69, 9.17) is 4.84 Å². The van der Waals surface area contributed by atoms with Gasteiger partial charge in [0, 0.05) is 65.2 Å². The molecule has 3 aliphatic heterocycles. The van der Waals surface area contributed by atoms with Gasteiger partial charge in [0.2, 0.25) is 0 Å². The number of nitrogens with zero attached hydrogens (tertiary/aromatic N) is 5. The third kappa shape index (κ3) is 8.06. The largest absolute Gasteiger partial charge is 0.480 e. The molecule has 2 amide bonds. The summed E-state index contributed by atoms with van der Waals surface area (Å²) in [5.41, 5.74) is 1.38. The van der Waals surface area contributed by atoms with Gasteiger partial charge in [-0.05, 0) is 50.2 Å². The lowest BCUT2D eigenvalue weighted by molar-refractivity contribution is -0.172. The number of hydroxylamine groups is 2. The fourth-order valence-electron chi connectivity index (χ4n) is 5.08. The maximum atomic E-state index is 12.4. The number of benzene rings is 1. The van der Waals surface area contributed by atoms with Crippen LogP contribution in [0.25, 0.3) is 0 Å². The molecule has 2 bridgehead atoms. The van der Waals surface area contributed by atoms with Crippen LogP contribution in [0.4, 0.5) is 0 Å². The Labute approximate surface area is 217 Å². The number of fused-ring (bicyclic) bond motifs is 3. The first-order valence-corrected chi connectivity index (χ1v) is 13.2. The molecule has 11 heteroatoms. The number of carbonyl (C=O) groups is 4. The van der Waals surface area contributed by atoms with Gasteiger partial charge in [0.05, 0.1) is 12.1 Å². The molecule has 0 aromatic heterocycles. The number of imide groups is 1. The Bertz CT molecular complexity index is 955. The highest BCUT2D eigenvalue weighted by molar-refractivity contribution is 6.02. The van der Waals surface area contributed by atoms with Crippen molar-refractivity contribution in [3.05, 3.63) is 35.4 Å². The van der Waals surface area contributed by atoms with Crippen molar-refractivity contribution in [1.82, 2.24) is 24.7 Å². The molecule has 3 saturated heterocycles. The van der Waals surface area contributed by atoms with Gasteiger partial charge >= 0.3 is 11.9 Å². The van der Waals surface area contributed by atoms with E-state index in [1.54, 1.807) is 12.1 Å². The van der Waals surface area contributed by atoms with Gasteiger partial charge < -0.3 is 19.7 Å². The number of aliphatic carboxylic acids is 1. The number of carboxylic acid groups (broad SMARTS) is 1. The average Bonchev–Trinajstić information content (AvgIpc) is 3.19. The Kier molecular flexibility index (Phi) is 9.62. The van der Waals surface area contributed by atoms with Crippen molar-refractivity contribution < 1.29 is 29.1 Å². The second kappa shape index (κ2) is 13.1. The van der Waals surface area contributed by atoms with Crippen LogP contribution < -0.4 is 0 Å². The number of rotatable bonds is 6. The summed E-state index contributed by atoms with van der Waals surface area (Å²) in [6, 6.07) is 7.13. The molecular weight excluding hydrogens is 478 g/mol. The molecule has 0 saturated carbocycles. The minimum Gasteiger partial charge on any atom is -0.480 e. The summed E-state index contributed by atoms with van der Waals surface area (Å²) in [7, 11) is 0. The highest BCUT2D eigenvalue weighted by atomic mass is 16.7. The second-order valence-corrected chi connectivity index (χ2v) is 9.99. The van der Waals surface area contributed by atoms with Crippen molar-refractivity contribution in [2.24, 2.45) is 0 Å². The first-order valence-electron chi connectivity index (χ1n) is 13.2. The number of amides is 2. The molecule has 4 rings (SSSR count). The van der Waals surface area contributed by atoms with Crippen LogP contribution in [-0.4, -0.2) is 126 Å². The number of hydrogen-bond donors (Lipinski definition) is 1. The second-order valence-electron chi connectivity index (χ2n) is 9.99. The number of hydrogen-bond acceptors (Lipinski definition) is 9. The zero-order valence-electron chi connectivity index (χ0n) is 21.3. The Hall–Kier alpha value is -2.86. The molecule has 3 aliphatic rings. The van der Waals surface area contributed by atoms with Crippen LogP contribution in [0.3, 0.4) is 0 Å². The highest BCUT2D eigenvalue weighted by Crippen LogP contribution is 2.16. The molecule has 3 heterocycles. The Morgan fingerprint density at radius 3 is 1.86 bits per heavy atom. The summed E-state index contributed by atoms with van der Waals surface area (Å²) >= 11 is 0. The Morgan fingerprint density at radius 1 is 0.730 bits per heavy atom. The molecule has 1 aromatic carbocycles. The molecule has 2 atom stereocenters. The SMILES string of the molecule is O=C(O)CN1CCCN2CCN(CCCN(Cc3ccc(C(=O)ON4C(=O)CCC4=O)cc3)CC2)CC1. The van der Waals surface area contributed by atoms with Crippen LogP contribution in [0.15, 0.2) is 24.3 Å². The van der Waals surface area contributed by atoms with E-state index < -0.39 is 23.8 Å². The molecular formula is C26H37N5O6. The van der Waals surface area contributed by atoms with E-state index in [0.717, 1.165) is 90.4 Å². The zero-order valence-corrected chi connectivity index (χ0v) is 21.3. The van der Waals surface area contributed by atoms with Crippen molar-refractivity contribution in [1.29, 1.82) is 0 Å². The molecule has 1 N–H and O–H groups in total. The van der Waals surface area contributed by atoms with E-state index in [2.05, 4.69) is 19.6 Å². The number of carbonyl (C=O) groups excluding carboxylic acids is 3. The Balaban J connectivity index is 1.32. The lowest BCUT2D eigenvalue weighted by Gasteiger charge is -2.35.